The Hall–Kier alpha value is -1.88. The lowest BCUT2D eigenvalue weighted by molar-refractivity contribution is -0.427. The third-order valence-corrected chi connectivity index (χ3v) is 12.8. The second-order valence-electron chi connectivity index (χ2n) is 15.8. The highest BCUT2D eigenvalue weighted by molar-refractivity contribution is 6.04. The molecule has 254 valence electrons. The Morgan fingerprint density at radius 2 is 1.87 bits per heavy atom. The van der Waals surface area contributed by atoms with Gasteiger partial charge in [0.15, 0.2) is 5.78 Å². The van der Waals surface area contributed by atoms with Crippen LogP contribution in [0.3, 0.4) is 0 Å². The van der Waals surface area contributed by atoms with E-state index in [0.29, 0.717) is 42.7 Å². The number of ketones is 1. The molecule has 3 unspecified atom stereocenters. The lowest BCUT2D eigenvalue weighted by atomic mass is 9.55. The van der Waals surface area contributed by atoms with E-state index in [1.54, 1.807) is 14.0 Å². The summed E-state index contributed by atoms with van der Waals surface area (Å²) >= 11 is 0. The Bertz CT molecular complexity index is 1330. The number of ether oxygens (including phenoxy) is 5. The molecule has 11 atom stereocenters. The van der Waals surface area contributed by atoms with Crippen molar-refractivity contribution in [3.63, 3.8) is 0 Å². The topological polar surface area (TPSA) is 121 Å². The van der Waals surface area contributed by atoms with Gasteiger partial charge in [-0.3, -0.25) is 9.59 Å². The molecular formula is C37H52O9. The summed E-state index contributed by atoms with van der Waals surface area (Å²) in [6.45, 7) is 10.3. The molecule has 0 radical (unpaired) electrons. The summed E-state index contributed by atoms with van der Waals surface area (Å²) in [4.78, 5) is 27.0. The third kappa shape index (κ3) is 4.94. The average Bonchev–Trinajstić information content (AvgIpc) is 3.32. The molecule has 0 amide bonds. The van der Waals surface area contributed by atoms with Crippen molar-refractivity contribution >= 4 is 11.8 Å². The molecule has 2 saturated heterocycles. The number of Topliss-reactive ketones (excluding diaryl/α,β-unsaturated/α-hetero) is 1. The summed E-state index contributed by atoms with van der Waals surface area (Å²) in [5.74, 6) is -2.53. The highest BCUT2D eigenvalue weighted by Crippen LogP contribution is 2.69. The molecule has 0 aromatic rings. The van der Waals surface area contributed by atoms with E-state index in [4.69, 9.17) is 23.7 Å². The number of carbonyl (C=O) groups is 2. The number of hydrogen-bond acceptors (Lipinski definition) is 9. The minimum absolute atomic E-state index is 0.0366. The Labute approximate surface area is 272 Å². The molecule has 2 N–H and O–H groups in total. The second kappa shape index (κ2) is 11.6. The minimum atomic E-state index is -1.73. The molecule has 2 heterocycles. The molecule has 0 spiro atoms. The zero-order valence-corrected chi connectivity index (χ0v) is 27.9. The predicted octanol–water partition coefficient (Wildman–Crippen LogP) is 5.08. The van der Waals surface area contributed by atoms with E-state index < -0.39 is 40.9 Å². The van der Waals surface area contributed by atoms with Gasteiger partial charge in [0, 0.05) is 38.2 Å². The molecule has 3 bridgehead atoms. The fraction of sp³-hybridized carbons (Fsp3) is 0.784. The van der Waals surface area contributed by atoms with Gasteiger partial charge in [0.05, 0.1) is 17.8 Å². The Kier molecular flexibility index (Phi) is 8.25. The minimum Gasteiger partial charge on any atom is -0.461 e. The number of hydrogen-bond donors (Lipinski definition) is 2. The summed E-state index contributed by atoms with van der Waals surface area (Å²) in [6, 6.07) is 0. The molecule has 0 aromatic carbocycles. The van der Waals surface area contributed by atoms with Gasteiger partial charge in [-0.25, -0.2) is 0 Å². The van der Waals surface area contributed by atoms with Crippen molar-refractivity contribution in [2.45, 2.75) is 139 Å². The zero-order valence-electron chi connectivity index (χ0n) is 27.9. The largest absolute Gasteiger partial charge is 0.461 e. The van der Waals surface area contributed by atoms with Crippen molar-refractivity contribution in [2.24, 2.45) is 29.6 Å². The number of rotatable bonds is 8. The highest BCUT2D eigenvalue weighted by Gasteiger charge is 2.79. The first kappa shape index (κ1) is 32.7. The number of aliphatic hydroxyl groups excluding tert-OH is 1. The molecule has 9 heteroatoms. The quantitative estimate of drug-likeness (QED) is 0.276. The van der Waals surface area contributed by atoms with Gasteiger partial charge >= 0.3 is 5.97 Å². The van der Waals surface area contributed by atoms with Crippen LogP contribution in [0.2, 0.25) is 0 Å². The maximum atomic E-state index is 13.8. The molecular weight excluding hydrogens is 588 g/mol. The molecule has 9 nitrogen and oxygen atoms in total. The number of fused-ring (bicyclic) bond motifs is 2. The van der Waals surface area contributed by atoms with Crippen molar-refractivity contribution in [3.05, 3.63) is 35.5 Å². The van der Waals surface area contributed by atoms with Crippen LogP contribution in [-0.4, -0.2) is 76.8 Å². The van der Waals surface area contributed by atoms with Gasteiger partial charge in [-0.05, 0) is 74.0 Å². The van der Waals surface area contributed by atoms with Gasteiger partial charge < -0.3 is 33.9 Å². The van der Waals surface area contributed by atoms with Gasteiger partial charge in [-0.2, -0.15) is 0 Å². The molecule has 5 fully saturated rings. The maximum absolute atomic E-state index is 13.8. The monoisotopic (exact) mass is 640 g/mol. The van der Waals surface area contributed by atoms with Crippen molar-refractivity contribution in [1.29, 1.82) is 0 Å². The van der Waals surface area contributed by atoms with Crippen LogP contribution >= 0.6 is 0 Å². The summed E-state index contributed by atoms with van der Waals surface area (Å²) in [6.07, 6.45) is 12.0. The van der Waals surface area contributed by atoms with Crippen LogP contribution in [0.4, 0.5) is 0 Å². The van der Waals surface area contributed by atoms with E-state index in [-0.39, 0.29) is 55.1 Å². The SMILES string of the molecule is C=C(C)[C@]12C[C@@H](C)[C@@]34O[C@](CC5CCCCC5)(O[C@@H]1[C@@H]3C=C(COC(=O)CC1CCC(O)C(OC)C1)C[C@]1(O)C(=O)C(C)=C[C@@H]41)O2. The summed E-state index contributed by atoms with van der Waals surface area (Å²) in [7, 11) is 1.58. The van der Waals surface area contributed by atoms with E-state index in [1.165, 1.54) is 19.3 Å². The van der Waals surface area contributed by atoms with Crippen LogP contribution in [0.5, 0.6) is 0 Å². The van der Waals surface area contributed by atoms with Gasteiger partial charge in [-0.1, -0.05) is 57.8 Å². The van der Waals surface area contributed by atoms with E-state index in [9.17, 15) is 19.8 Å². The van der Waals surface area contributed by atoms with Gasteiger partial charge in [-0.15, -0.1) is 0 Å². The number of carbonyl (C=O) groups excluding carboxylic acids is 2. The Morgan fingerprint density at radius 1 is 1.11 bits per heavy atom. The van der Waals surface area contributed by atoms with Gasteiger partial charge in [0.1, 0.15) is 23.9 Å². The van der Waals surface area contributed by atoms with E-state index in [2.05, 4.69) is 19.6 Å². The van der Waals surface area contributed by atoms with Crippen LogP contribution in [0.15, 0.2) is 35.5 Å². The smallest absolute Gasteiger partial charge is 0.306 e. The standard InChI is InChI=1S/C37H52O9/c1-21(2)35-17-23(4)37-27(33(35)44-36(45-35,46-37)19-24-9-7-6-8-10-24)14-26(18-34(41)30(37)13-22(3)32(34)40)20-43-31(39)16-25-11-12-28(38)29(15-25)42-5/h13-14,23-25,27-30,33,38,41H,1,6-12,15-20H2,2-5H3/t23-,25?,27+,28?,29?,30-,33-,34-,35-,36-,37-/m1/s1. The molecule has 5 aliphatic carbocycles. The van der Waals surface area contributed by atoms with E-state index in [0.717, 1.165) is 24.8 Å². The molecule has 7 aliphatic rings. The highest BCUT2D eigenvalue weighted by atomic mass is 16.9. The van der Waals surface area contributed by atoms with Crippen molar-refractivity contribution in [1.82, 2.24) is 0 Å². The van der Waals surface area contributed by atoms with E-state index in [1.807, 2.05) is 13.0 Å². The first-order chi connectivity index (χ1) is 21.9. The lowest BCUT2D eigenvalue weighted by Gasteiger charge is -2.59. The molecule has 0 aromatic heterocycles. The number of aliphatic hydroxyl groups is 2. The Morgan fingerprint density at radius 3 is 2.59 bits per heavy atom. The summed E-state index contributed by atoms with van der Waals surface area (Å²) < 4.78 is 32.5. The van der Waals surface area contributed by atoms with Crippen molar-refractivity contribution in [2.75, 3.05) is 13.7 Å². The molecule has 2 aliphatic heterocycles. The molecule has 46 heavy (non-hydrogen) atoms. The van der Waals surface area contributed by atoms with Crippen molar-refractivity contribution < 1.29 is 43.5 Å². The summed E-state index contributed by atoms with van der Waals surface area (Å²) in [5.41, 5.74) is -1.37. The van der Waals surface area contributed by atoms with Gasteiger partial charge in [0.25, 0.3) is 5.97 Å². The number of esters is 1. The van der Waals surface area contributed by atoms with Crippen LogP contribution in [-0.2, 0) is 33.3 Å². The van der Waals surface area contributed by atoms with E-state index >= 15 is 0 Å². The second-order valence-corrected chi connectivity index (χ2v) is 15.8. The normalized spacial score (nSPS) is 46.7. The zero-order chi connectivity index (χ0) is 32.6. The van der Waals surface area contributed by atoms with Crippen molar-refractivity contribution in [3.8, 4) is 0 Å². The fourth-order valence-corrected chi connectivity index (χ4v) is 10.5. The third-order valence-electron chi connectivity index (χ3n) is 12.8. The fourth-order valence-electron chi connectivity index (χ4n) is 10.5. The maximum Gasteiger partial charge on any atom is 0.306 e. The van der Waals surface area contributed by atoms with Gasteiger partial charge in [0.2, 0.25) is 0 Å². The van der Waals surface area contributed by atoms with Crippen LogP contribution < -0.4 is 0 Å². The van der Waals surface area contributed by atoms with Crippen LogP contribution in [0.1, 0.15) is 97.8 Å². The molecule has 7 rings (SSSR count). The van der Waals surface area contributed by atoms with Crippen LogP contribution in [0.25, 0.3) is 0 Å². The first-order valence-corrected chi connectivity index (χ1v) is 17.6. The molecule has 3 saturated carbocycles. The Balaban J connectivity index is 1.21. The summed E-state index contributed by atoms with van der Waals surface area (Å²) in [5, 5.41) is 22.6. The van der Waals surface area contributed by atoms with Crippen LogP contribution in [0, 0.1) is 29.6 Å². The lowest BCUT2D eigenvalue weighted by Crippen LogP contribution is -2.70. The predicted molar refractivity (Wildman–Crippen MR) is 168 cm³/mol. The average molecular weight is 641 g/mol. The first-order valence-electron chi connectivity index (χ1n) is 17.6. The number of methoxy groups -OCH3 is 1.